The highest BCUT2D eigenvalue weighted by Crippen LogP contribution is 2.34. The number of nitrogens with zero attached hydrogens (tertiary/aromatic N) is 5. The SMILES string of the molecule is CCOCCCN1C(C)=CN2C1=NC1C2C(=O)N(Cc2cccc(C)c2)C(=O)N1C. The highest BCUT2D eigenvalue weighted by Gasteiger charge is 2.54. The Morgan fingerprint density at radius 2 is 1.97 bits per heavy atom. The minimum absolute atomic E-state index is 0.205. The van der Waals surface area contributed by atoms with Gasteiger partial charge in [-0.3, -0.25) is 9.69 Å². The molecule has 8 heteroatoms. The molecule has 0 aliphatic carbocycles. The number of allylic oxidation sites excluding steroid dienone is 1. The highest BCUT2D eigenvalue weighted by atomic mass is 16.5. The first-order valence-electron chi connectivity index (χ1n) is 10.5. The molecule has 0 bridgehead atoms. The molecule has 0 N–H and O–H groups in total. The summed E-state index contributed by atoms with van der Waals surface area (Å²) in [5.74, 6) is 0.535. The first kappa shape index (κ1) is 20.4. The van der Waals surface area contributed by atoms with Gasteiger partial charge in [-0.25, -0.2) is 9.79 Å². The van der Waals surface area contributed by atoms with Crippen molar-refractivity contribution in [3.63, 3.8) is 0 Å². The van der Waals surface area contributed by atoms with Crippen molar-refractivity contribution in [2.24, 2.45) is 4.99 Å². The molecule has 1 aromatic carbocycles. The lowest BCUT2D eigenvalue weighted by atomic mass is 10.1. The summed E-state index contributed by atoms with van der Waals surface area (Å²) in [6.45, 7) is 8.40. The van der Waals surface area contributed by atoms with Crippen LogP contribution in [0.4, 0.5) is 4.79 Å². The Bertz CT molecular complexity index is 912. The fourth-order valence-corrected chi connectivity index (χ4v) is 4.29. The number of hydrogen-bond acceptors (Lipinski definition) is 6. The molecular weight excluding hydrogens is 382 g/mol. The smallest absolute Gasteiger partial charge is 0.328 e. The first-order valence-corrected chi connectivity index (χ1v) is 10.5. The van der Waals surface area contributed by atoms with Gasteiger partial charge in [-0.2, -0.15) is 0 Å². The molecule has 4 rings (SSSR count). The number of fused-ring (bicyclic) bond motifs is 3. The van der Waals surface area contributed by atoms with E-state index >= 15 is 0 Å². The van der Waals surface area contributed by atoms with E-state index in [4.69, 9.17) is 9.73 Å². The van der Waals surface area contributed by atoms with Gasteiger partial charge in [0.2, 0.25) is 5.96 Å². The molecule has 3 heterocycles. The van der Waals surface area contributed by atoms with Crippen LogP contribution >= 0.6 is 0 Å². The predicted molar refractivity (Wildman–Crippen MR) is 113 cm³/mol. The second-order valence-corrected chi connectivity index (χ2v) is 7.97. The zero-order chi connectivity index (χ0) is 21.4. The third-order valence-corrected chi connectivity index (χ3v) is 5.80. The van der Waals surface area contributed by atoms with Gasteiger partial charge in [-0.15, -0.1) is 0 Å². The van der Waals surface area contributed by atoms with Crippen molar-refractivity contribution in [2.75, 3.05) is 26.8 Å². The van der Waals surface area contributed by atoms with Crippen LogP contribution < -0.4 is 0 Å². The summed E-state index contributed by atoms with van der Waals surface area (Å²) in [7, 11) is 1.72. The molecule has 3 amide bonds. The summed E-state index contributed by atoms with van der Waals surface area (Å²) in [5, 5.41) is 0. The number of carbonyl (C=O) groups is 2. The Morgan fingerprint density at radius 3 is 2.70 bits per heavy atom. The number of amides is 3. The minimum Gasteiger partial charge on any atom is -0.382 e. The standard InChI is InChI=1S/C22H29N5O3/c1-5-30-11-7-10-25-16(3)13-26-18-19(23-21(25)26)24(4)22(29)27(20(18)28)14-17-9-6-8-15(2)12-17/h6,8-9,12-13,18-19H,5,7,10-11,14H2,1-4H3. The minimum atomic E-state index is -0.528. The van der Waals surface area contributed by atoms with Gasteiger partial charge in [0.05, 0.1) is 6.54 Å². The Hall–Kier alpha value is -2.87. The molecule has 3 aliphatic heterocycles. The lowest BCUT2D eigenvalue weighted by Gasteiger charge is -2.40. The molecule has 0 saturated carbocycles. The van der Waals surface area contributed by atoms with Crippen molar-refractivity contribution < 1.29 is 14.3 Å². The number of rotatable bonds is 7. The fourth-order valence-electron chi connectivity index (χ4n) is 4.29. The molecule has 30 heavy (non-hydrogen) atoms. The zero-order valence-corrected chi connectivity index (χ0v) is 18.0. The number of urea groups is 1. The Kier molecular flexibility index (Phi) is 5.51. The number of hydrogen-bond donors (Lipinski definition) is 0. The topological polar surface area (TPSA) is 68.7 Å². The second kappa shape index (κ2) is 8.10. The fraction of sp³-hybridized carbons (Fsp3) is 0.500. The van der Waals surface area contributed by atoms with Gasteiger partial charge in [0.25, 0.3) is 5.91 Å². The Labute approximate surface area is 177 Å². The maximum Gasteiger partial charge on any atom is 0.328 e. The van der Waals surface area contributed by atoms with E-state index in [1.807, 2.05) is 56.1 Å². The molecule has 2 atom stereocenters. The van der Waals surface area contributed by atoms with Crippen LogP contribution in [0.2, 0.25) is 0 Å². The molecule has 1 fully saturated rings. The summed E-state index contributed by atoms with van der Waals surface area (Å²) in [4.78, 5) is 38.1. The second-order valence-electron chi connectivity index (χ2n) is 7.97. The summed E-state index contributed by atoms with van der Waals surface area (Å²) >= 11 is 0. The quantitative estimate of drug-likeness (QED) is 0.645. The number of ether oxygens (including phenoxy) is 1. The van der Waals surface area contributed by atoms with Crippen molar-refractivity contribution in [1.29, 1.82) is 0 Å². The number of benzene rings is 1. The van der Waals surface area contributed by atoms with Crippen LogP contribution in [0, 0.1) is 6.92 Å². The number of imide groups is 1. The van der Waals surface area contributed by atoms with E-state index in [0.717, 1.165) is 35.7 Å². The first-order chi connectivity index (χ1) is 14.4. The van der Waals surface area contributed by atoms with Crippen LogP contribution in [0.15, 0.2) is 41.2 Å². The summed E-state index contributed by atoms with van der Waals surface area (Å²) in [6, 6.07) is 7.05. The number of carbonyl (C=O) groups excluding carboxylic acids is 2. The van der Waals surface area contributed by atoms with E-state index in [1.165, 1.54) is 4.90 Å². The van der Waals surface area contributed by atoms with Gasteiger partial charge in [-0.05, 0) is 32.8 Å². The number of aliphatic imine (C=N–C) groups is 1. The number of aryl methyl sites for hydroxylation is 1. The molecular formula is C22H29N5O3. The average Bonchev–Trinajstić information content (AvgIpc) is 3.22. The third-order valence-electron chi connectivity index (χ3n) is 5.80. The Balaban J connectivity index is 1.54. The molecule has 1 saturated heterocycles. The highest BCUT2D eigenvalue weighted by molar-refractivity contribution is 6.04. The van der Waals surface area contributed by atoms with Gasteiger partial charge >= 0.3 is 6.03 Å². The molecule has 0 radical (unpaired) electrons. The van der Waals surface area contributed by atoms with Gasteiger partial charge in [0.1, 0.15) is 0 Å². The van der Waals surface area contributed by atoms with Crippen LogP contribution in [-0.2, 0) is 16.1 Å². The summed E-state index contributed by atoms with van der Waals surface area (Å²) in [5.41, 5.74) is 3.08. The van der Waals surface area contributed by atoms with Crippen LogP contribution in [0.3, 0.4) is 0 Å². The van der Waals surface area contributed by atoms with Crippen molar-refractivity contribution in [3.05, 3.63) is 47.3 Å². The lowest BCUT2D eigenvalue weighted by molar-refractivity contribution is -0.137. The monoisotopic (exact) mass is 411 g/mol. The van der Waals surface area contributed by atoms with Crippen molar-refractivity contribution >= 4 is 17.9 Å². The summed E-state index contributed by atoms with van der Waals surface area (Å²) < 4.78 is 5.45. The van der Waals surface area contributed by atoms with E-state index in [0.29, 0.717) is 13.2 Å². The van der Waals surface area contributed by atoms with Crippen LogP contribution in [0.25, 0.3) is 0 Å². The molecule has 8 nitrogen and oxygen atoms in total. The van der Waals surface area contributed by atoms with Gasteiger partial charge in [-0.1, -0.05) is 29.8 Å². The molecule has 160 valence electrons. The summed E-state index contributed by atoms with van der Waals surface area (Å²) in [6.07, 6.45) is 2.33. The largest absolute Gasteiger partial charge is 0.382 e. The third kappa shape index (κ3) is 3.45. The van der Waals surface area contributed by atoms with Gasteiger partial charge in [0.15, 0.2) is 12.2 Å². The number of guanidine groups is 1. The molecule has 2 unspecified atom stereocenters. The van der Waals surface area contributed by atoms with Crippen molar-refractivity contribution in [2.45, 2.75) is 45.9 Å². The Morgan fingerprint density at radius 1 is 1.17 bits per heavy atom. The van der Waals surface area contributed by atoms with Crippen molar-refractivity contribution in [1.82, 2.24) is 19.6 Å². The predicted octanol–water partition coefficient (Wildman–Crippen LogP) is 2.36. The molecule has 3 aliphatic rings. The molecule has 1 aromatic rings. The van der Waals surface area contributed by atoms with Crippen LogP contribution in [0.5, 0.6) is 0 Å². The van der Waals surface area contributed by atoms with Gasteiger partial charge in [0, 0.05) is 38.7 Å². The maximum atomic E-state index is 13.4. The normalized spacial score (nSPS) is 23.1. The van der Waals surface area contributed by atoms with Gasteiger partial charge < -0.3 is 19.4 Å². The number of likely N-dealkylation sites (N-methyl/N-ethyl adjacent to an activating group) is 1. The van der Waals surface area contributed by atoms with E-state index in [2.05, 4.69) is 4.90 Å². The van der Waals surface area contributed by atoms with Crippen LogP contribution in [-0.4, -0.2) is 76.5 Å². The van der Waals surface area contributed by atoms with Crippen LogP contribution in [0.1, 0.15) is 31.4 Å². The lowest BCUT2D eigenvalue weighted by Crippen LogP contribution is -2.63. The van der Waals surface area contributed by atoms with E-state index < -0.39 is 12.2 Å². The average molecular weight is 412 g/mol. The molecule has 0 spiro atoms. The maximum absolute atomic E-state index is 13.4. The van der Waals surface area contributed by atoms with E-state index in [1.54, 1.807) is 11.9 Å². The van der Waals surface area contributed by atoms with E-state index in [-0.39, 0.29) is 18.5 Å². The molecule has 0 aromatic heterocycles. The zero-order valence-electron chi connectivity index (χ0n) is 18.0. The van der Waals surface area contributed by atoms with E-state index in [9.17, 15) is 9.59 Å². The van der Waals surface area contributed by atoms with Crippen molar-refractivity contribution in [3.8, 4) is 0 Å².